The number of ether oxygens (including phenoxy) is 2. The van der Waals surface area contributed by atoms with Crippen LogP contribution in [-0.2, 0) is 11.2 Å². The van der Waals surface area contributed by atoms with Gasteiger partial charge in [0.25, 0.3) is 5.91 Å². The van der Waals surface area contributed by atoms with Crippen LogP contribution in [0.4, 0.5) is 5.82 Å². The van der Waals surface area contributed by atoms with Crippen molar-refractivity contribution in [3.05, 3.63) is 59.2 Å². The molecule has 3 heterocycles. The summed E-state index contributed by atoms with van der Waals surface area (Å²) >= 11 is 1.45. The molecule has 156 valence electrons. The van der Waals surface area contributed by atoms with Gasteiger partial charge in [-0.25, -0.2) is 9.97 Å². The fourth-order valence-electron chi connectivity index (χ4n) is 3.21. The molecule has 1 fully saturated rings. The highest BCUT2D eigenvalue weighted by molar-refractivity contribution is 7.13. The van der Waals surface area contributed by atoms with E-state index in [1.165, 1.54) is 11.3 Å². The predicted octanol–water partition coefficient (Wildman–Crippen LogP) is 3.02. The van der Waals surface area contributed by atoms with Gasteiger partial charge in [-0.1, -0.05) is 12.1 Å². The van der Waals surface area contributed by atoms with Crippen LogP contribution in [0.1, 0.15) is 16.1 Å². The second-order valence-corrected chi connectivity index (χ2v) is 7.75. The molecular formula is C22H24N4O3S. The number of anilines is 1. The Morgan fingerprint density at radius 3 is 2.70 bits per heavy atom. The van der Waals surface area contributed by atoms with Crippen molar-refractivity contribution in [3.63, 3.8) is 0 Å². The third-order valence-electron chi connectivity index (χ3n) is 4.93. The van der Waals surface area contributed by atoms with Crippen LogP contribution in [0, 0.1) is 0 Å². The number of benzene rings is 1. The van der Waals surface area contributed by atoms with Gasteiger partial charge in [-0.05, 0) is 36.2 Å². The number of thiazole rings is 1. The Bertz CT molecular complexity index is 967. The standard InChI is InChI=1S/C22H24N4O3S/c1-28-18-5-2-16(3-6-18)8-9-23-21(27)19-15-30-22(25-19)17-4-7-20(24-14-17)26-10-12-29-13-11-26/h2-7,14-15H,8-13H2,1H3,(H,23,27). The number of methoxy groups -OCH3 is 1. The molecule has 8 heteroatoms. The number of hydrogen-bond donors (Lipinski definition) is 1. The number of carbonyl (C=O) groups is 1. The molecule has 1 aliphatic rings. The zero-order chi connectivity index (χ0) is 20.8. The molecule has 4 rings (SSSR count). The number of aromatic nitrogens is 2. The molecule has 0 saturated carbocycles. The smallest absolute Gasteiger partial charge is 0.270 e. The zero-order valence-electron chi connectivity index (χ0n) is 16.8. The van der Waals surface area contributed by atoms with Gasteiger partial charge in [0.05, 0.1) is 20.3 Å². The third kappa shape index (κ3) is 4.95. The van der Waals surface area contributed by atoms with Crippen LogP contribution < -0.4 is 15.0 Å². The molecule has 0 spiro atoms. The van der Waals surface area contributed by atoms with E-state index in [-0.39, 0.29) is 5.91 Å². The number of nitrogens with zero attached hydrogens (tertiary/aromatic N) is 3. The highest BCUT2D eigenvalue weighted by Crippen LogP contribution is 2.25. The van der Waals surface area contributed by atoms with Gasteiger partial charge in [0.15, 0.2) is 0 Å². The Morgan fingerprint density at radius 2 is 2.00 bits per heavy atom. The van der Waals surface area contributed by atoms with Crippen molar-refractivity contribution >= 4 is 23.1 Å². The molecule has 1 amide bonds. The normalized spacial score (nSPS) is 13.8. The molecule has 2 aromatic heterocycles. The largest absolute Gasteiger partial charge is 0.497 e. The molecule has 1 aliphatic heterocycles. The maximum atomic E-state index is 12.4. The molecule has 0 atom stereocenters. The van der Waals surface area contributed by atoms with Gasteiger partial charge in [-0.2, -0.15) is 0 Å². The number of carbonyl (C=O) groups excluding carboxylic acids is 1. The van der Waals surface area contributed by atoms with Crippen molar-refractivity contribution in [3.8, 4) is 16.3 Å². The summed E-state index contributed by atoms with van der Waals surface area (Å²) in [6.45, 7) is 3.71. The Balaban J connectivity index is 1.32. The van der Waals surface area contributed by atoms with Crippen LogP contribution in [0.25, 0.3) is 10.6 Å². The summed E-state index contributed by atoms with van der Waals surface area (Å²) in [7, 11) is 1.64. The van der Waals surface area contributed by atoms with Crippen LogP contribution in [0.3, 0.4) is 0 Å². The zero-order valence-corrected chi connectivity index (χ0v) is 17.7. The number of nitrogens with one attached hydrogen (secondary N) is 1. The van der Waals surface area contributed by atoms with Gasteiger partial charge < -0.3 is 19.7 Å². The number of pyridine rings is 1. The van der Waals surface area contributed by atoms with Crippen molar-refractivity contribution in [1.82, 2.24) is 15.3 Å². The molecule has 3 aromatic rings. The van der Waals surface area contributed by atoms with Crippen molar-refractivity contribution in [2.75, 3.05) is 44.9 Å². The fraction of sp³-hybridized carbons (Fsp3) is 0.318. The Hall–Kier alpha value is -2.97. The van der Waals surface area contributed by atoms with E-state index in [0.29, 0.717) is 12.2 Å². The average Bonchev–Trinajstić information content (AvgIpc) is 3.31. The van der Waals surface area contributed by atoms with E-state index in [4.69, 9.17) is 9.47 Å². The van der Waals surface area contributed by atoms with Crippen LogP contribution in [0.2, 0.25) is 0 Å². The average molecular weight is 425 g/mol. The van der Waals surface area contributed by atoms with Gasteiger partial charge >= 0.3 is 0 Å². The maximum Gasteiger partial charge on any atom is 0.270 e. The molecule has 1 aromatic carbocycles. The van der Waals surface area contributed by atoms with E-state index in [0.717, 1.165) is 60.4 Å². The molecule has 0 bridgehead atoms. The number of hydrogen-bond acceptors (Lipinski definition) is 7. The van der Waals surface area contributed by atoms with Crippen molar-refractivity contribution in [2.24, 2.45) is 0 Å². The summed E-state index contributed by atoms with van der Waals surface area (Å²) in [5.41, 5.74) is 2.48. The molecule has 0 unspecified atom stereocenters. The number of amides is 1. The summed E-state index contributed by atoms with van der Waals surface area (Å²) < 4.78 is 10.5. The minimum Gasteiger partial charge on any atom is -0.497 e. The van der Waals surface area contributed by atoms with Crippen LogP contribution in [0.15, 0.2) is 48.0 Å². The van der Waals surface area contributed by atoms with Gasteiger partial charge in [-0.15, -0.1) is 11.3 Å². The predicted molar refractivity (Wildman–Crippen MR) is 117 cm³/mol. The molecule has 7 nitrogen and oxygen atoms in total. The van der Waals surface area contributed by atoms with E-state index < -0.39 is 0 Å². The van der Waals surface area contributed by atoms with Gasteiger partial charge in [0, 0.05) is 36.8 Å². The Kier molecular flexibility index (Phi) is 6.56. The molecule has 0 aliphatic carbocycles. The van der Waals surface area contributed by atoms with Crippen molar-refractivity contribution in [2.45, 2.75) is 6.42 Å². The molecule has 0 radical (unpaired) electrons. The highest BCUT2D eigenvalue weighted by Gasteiger charge is 2.14. The highest BCUT2D eigenvalue weighted by atomic mass is 32.1. The van der Waals surface area contributed by atoms with Crippen LogP contribution in [0.5, 0.6) is 5.75 Å². The van der Waals surface area contributed by atoms with Crippen LogP contribution >= 0.6 is 11.3 Å². The lowest BCUT2D eigenvalue weighted by Gasteiger charge is -2.27. The summed E-state index contributed by atoms with van der Waals surface area (Å²) in [6.07, 6.45) is 2.56. The lowest BCUT2D eigenvalue weighted by Crippen LogP contribution is -2.36. The molecule has 30 heavy (non-hydrogen) atoms. The van der Waals surface area contributed by atoms with E-state index in [1.54, 1.807) is 12.5 Å². The Labute approximate surface area is 179 Å². The van der Waals surface area contributed by atoms with Gasteiger partial charge in [0.1, 0.15) is 22.3 Å². The SMILES string of the molecule is COc1ccc(CCNC(=O)c2csc(-c3ccc(N4CCOCC4)nc3)n2)cc1. The van der Waals surface area contributed by atoms with Crippen molar-refractivity contribution in [1.29, 1.82) is 0 Å². The minimum atomic E-state index is -0.163. The lowest BCUT2D eigenvalue weighted by atomic mass is 10.1. The first-order valence-corrected chi connectivity index (χ1v) is 10.8. The Morgan fingerprint density at radius 1 is 1.20 bits per heavy atom. The molecule has 1 N–H and O–H groups in total. The first-order chi connectivity index (χ1) is 14.7. The second-order valence-electron chi connectivity index (χ2n) is 6.90. The first kappa shape index (κ1) is 20.3. The number of morpholine rings is 1. The van der Waals surface area contributed by atoms with E-state index >= 15 is 0 Å². The lowest BCUT2D eigenvalue weighted by molar-refractivity contribution is 0.0950. The molecular weight excluding hydrogens is 400 g/mol. The van der Waals surface area contributed by atoms with Gasteiger partial charge in [0.2, 0.25) is 0 Å². The van der Waals surface area contributed by atoms with E-state index in [1.807, 2.05) is 42.6 Å². The molecule has 1 saturated heterocycles. The van der Waals surface area contributed by atoms with Crippen molar-refractivity contribution < 1.29 is 14.3 Å². The second kappa shape index (κ2) is 9.69. The topological polar surface area (TPSA) is 76.6 Å². The summed E-state index contributed by atoms with van der Waals surface area (Å²) in [4.78, 5) is 23.7. The van der Waals surface area contributed by atoms with Crippen LogP contribution in [-0.4, -0.2) is 55.8 Å². The number of rotatable bonds is 7. The maximum absolute atomic E-state index is 12.4. The third-order valence-corrected chi connectivity index (χ3v) is 5.82. The summed E-state index contributed by atoms with van der Waals surface area (Å²) in [6, 6.07) is 11.8. The quantitative estimate of drug-likeness (QED) is 0.628. The monoisotopic (exact) mass is 424 g/mol. The van der Waals surface area contributed by atoms with Gasteiger partial charge in [-0.3, -0.25) is 4.79 Å². The summed E-state index contributed by atoms with van der Waals surface area (Å²) in [5, 5.41) is 5.51. The minimum absolute atomic E-state index is 0.163. The first-order valence-electron chi connectivity index (χ1n) is 9.89. The fourth-order valence-corrected chi connectivity index (χ4v) is 4.00. The van der Waals surface area contributed by atoms with E-state index in [2.05, 4.69) is 20.2 Å². The van der Waals surface area contributed by atoms with E-state index in [9.17, 15) is 4.79 Å². The summed E-state index contributed by atoms with van der Waals surface area (Å²) in [5.74, 6) is 1.60.